The highest BCUT2D eigenvalue weighted by atomic mass is 19.1. The van der Waals surface area contributed by atoms with Crippen molar-refractivity contribution in [1.82, 2.24) is 19.6 Å². The van der Waals surface area contributed by atoms with E-state index < -0.39 is 17.6 Å². The number of alkyl halides is 1. The number of ether oxygens (including phenoxy) is 1. The molecular weight excluding hydrogens is 437 g/mol. The maximum absolute atomic E-state index is 14.6. The summed E-state index contributed by atoms with van der Waals surface area (Å²) in [5.74, 6) is 1.000. The Bertz CT molecular complexity index is 1070. The van der Waals surface area contributed by atoms with Gasteiger partial charge in [0.15, 0.2) is 0 Å². The van der Waals surface area contributed by atoms with Crippen molar-refractivity contribution in [3.05, 3.63) is 59.9 Å². The first-order chi connectivity index (χ1) is 16.1. The smallest absolute Gasteiger partial charge is 0.249 e. The summed E-state index contributed by atoms with van der Waals surface area (Å²) in [6, 6.07) is 11.1. The van der Waals surface area contributed by atoms with Crippen molar-refractivity contribution >= 4 is 5.91 Å². The van der Waals surface area contributed by atoms with Gasteiger partial charge in [0.1, 0.15) is 30.1 Å². The van der Waals surface area contributed by atoms with Crippen LogP contribution in [-0.2, 0) is 16.1 Å². The summed E-state index contributed by atoms with van der Waals surface area (Å²) in [7, 11) is 1.44. The fourth-order valence-electron chi connectivity index (χ4n) is 4.03. The summed E-state index contributed by atoms with van der Waals surface area (Å²) in [5, 5.41) is 4.13. The lowest BCUT2D eigenvalue weighted by Gasteiger charge is -2.40. The fraction of sp³-hybridized carbons (Fsp3) is 0.480. The van der Waals surface area contributed by atoms with Crippen LogP contribution in [0.3, 0.4) is 0 Å². The molecule has 8 nitrogen and oxygen atoms in total. The second-order valence-electron chi connectivity index (χ2n) is 9.49. The van der Waals surface area contributed by atoms with Crippen LogP contribution in [0.2, 0.25) is 0 Å². The summed E-state index contributed by atoms with van der Waals surface area (Å²) < 4.78 is 26.9. The number of imidazole rings is 1. The van der Waals surface area contributed by atoms with Gasteiger partial charge in [0, 0.05) is 31.5 Å². The number of hydrogen-bond donors (Lipinski definition) is 1. The molecule has 1 aromatic carbocycles. The Balaban J connectivity index is 2.16. The molecule has 0 bridgehead atoms. The molecule has 0 fully saturated rings. The first kappa shape index (κ1) is 25.6. The molecular formula is C25H34FN5O3. The number of benzene rings is 1. The van der Waals surface area contributed by atoms with Crippen molar-refractivity contribution in [2.45, 2.75) is 46.5 Å². The fourth-order valence-corrected chi connectivity index (χ4v) is 4.03. The van der Waals surface area contributed by atoms with Gasteiger partial charge in [-0.3, -0.25) is 4.79 Å². The van der Waals surface area contributed by atoms with Gasteiger partial charge in [-0.2, -0.15) is 0 Å². The molecule has 3 rings (SSSR count). The van der Waals surface area contributed by atoms with E-state index in [1.807, 2.05) is 74.9 Å². The third-order valence-electron chi connectivity index (χ3n) is 5.50. The highest BCUT2D eigenvalue weighted by molar-refractivity contribution is 5.78. The molecule has 9 heteroatoms. The summed E-state index contributed by atoms with van der Waals surface area (Å²) in [6.07, 6.45) is 0.559. The monoisotopic (exact) mass is 471 g/mol. The number of hydrogen-bond acceptors (Lipinski definition) is 6. The number of methoxy groups -OCH3 is 1. The second-order valence-corrected chi connectivity index (χ2v) is 9.49. The van der Waals surface area contributed by atoms with Gasteiger partial charge in [0.2, 0.25) is 5.91 Å². The Labute approximate surface area is 199 Å². The van der Waals surface area contributed by atoms with Gasteiger partial charge in [-0.05, 0) is 12.3 Å². The molecule has 2 N–H and O–H groups in total. The van der Waals surface area contributed by atoms with Crippen LogP contribution in [0, 0.1) is 12.3 Å². The Morgan fingerprint density at radius 3 is 2.56 bits per heavy atom. The van der Waals surface area contributed by atoms with Gasteiger partial charge in [0.25, 0.3) is 0 Å². The zero-order valence-corrected chi connectivity index (χ0v) is 20.5. The Morgan fingerprint density at radius 2 is 2.00 bits per heavy atom. The maximum atomic E-state index is 14.6. The van der Waals surface area contributed by atoms with E-state index in [9.17, 15) is 9.18 Å². The number of amides is 1. The Kier molecular flexibility index (Phi) is 8.22. The first-order valence-corrected chi connectivity index (χ1v) is 11.3. The van der Waals surface area contributed by atoms with Gasteiger partial charge >= 0.3 is 0 Å². The molecule has 0 radical (unpaired) electrons. The van der Waals surface area contributed by atoms with Crippen LogP contribution in [0.25, 0.3) is 11.3 Å². The standard InChI is InChI=1S/C25H34FN5O3/c1-17-11-20(29-34-17)14-30-15-21(18-9-7-6-8-10-18)28-24(30)23(25(2,3)4)31(13-19(26)12-27)22(32)16-33-5/h6-11,15,19,23H,12-14,16,27H2,1-5H3/t19-,23-/m0/s1. The molecule has 2 aromatic heterocycles. The maximum Gasteiger partial charge on any atom is 0.249 e. The minimum absolute atomic E-state index is 0.156. The number of aromatic nitrogens is 3. The molecule has 2 atom stereocenters. The predicted octanol–water partition coefficient (Wildman–Crippen LogP) is 3.75. The first-order valence-electron chi connectivity index (χ1n) is 11.3. The number of aryl methyl sites for hydroxylation is 1. The molecule has 0 saturated carbocycles. The number of halogens is 1. The molecule has 0 aliphatic carbocycles. The molecule has 0 spiro atoms. The van der Waals surface area contributed by atoms with Crippen molar-refractivity contribution in [3.63, 3.8) is 0 Å². The van der Waals surface area contributed by atoms with Crippen LogP contribution < -0.4 is 5.73 Å². The lowest BCUT2D eigenvalue weighted by molar-refractivity contribution is -0.141. The molecule has 0 saturated heterocycles. The van der Waals surface area contributed by atoms with Crippen molar-refractivity contribution in [2.24, 2.45) is 11.1 Å². The summed E-state index contributed by atoms with van der Waals surface area (Å²) in [4.78, 5) is 19.6. The van der Waals surface area contributed by atoms with Crippen molar-refractivity contribution in [1.29, 1.82) is 0 Å². The van der Waals surface area contributed by atoms with Crippen LogP contribution in [-0.4, -0.2) is 58.5 Å². The highest BCUT2D eigenvalue weighted by Gasteiger charge is 2.39. The molecule has 1 amide bonds. The average Bonchev–Trinajstić information content (AvgIpc) is 3.39. The number of carbonyl (C=O) groups excluding carboxylic acids is 1. The number of rotatable bonds is 10. The number of nitrogens with zero attached hydrogens (tertiary/aromatic N) is 4. The minimum Gasteiger partial charge on any atom is -0.375 e. The second kappa shape index (κ2) is 10.9. The third-order valence-corrected chi connectivity index (χ3v) is 5.50. The topological polar surface area (TPSA) is 99.4 Å². The van der Waals surface area contributed by atoms with Crippen LogP contribution in [0.1, 0.15) is 44.1 Å². The van der Waals surface area contributed by atoms with Gasteiger partial charge in [-0.15, -0.1) is 0 Å². The molecule has 34 heavy (non-hydrogen) atoms. The molecule has 2 heterocycles. The Morgan fingerprint density at radius 1 is 1.29 bits per heavy atom. The number of nitrogens with two attached hydrogens (primary N) is 1. The van der Waals surface area contributed by atoms with Crippen molar-refractivity contribution in [2.75, 3.05) is 26.8 Å². The van der Waals surface area contributed by atoms with E-state index in [1.165, 1.54) is 12.0 Å². The zero-order chi connectivity index (χ0) is 24.9. The Hall–Kier alpha value is -3.04. The molecule has 0 aliphatic rings. The summed E-state index contributed by atoms with van der Waals surface area (Å²) in [5.41, 5.74) is 7.51. The van der Waals surface area contributed by atoms with Gasteiger partial charge < -0.3 is 24.5 Å². The van der Waals surface area contributed by atoms with Crippen LogP contribution in [0.15, 0.2) is 47.1 Å². The third kappa shape index (κ3) is 6.09. The molecule has 3 aromatic rings. The number of carbonyl (C=O) groups is 1. The predicted molar refractivity (Wildman–Crippen MR) is 128 cm³/mol. The van der Waals surface area contributed by atoms with Crippen molar-refractivity contribution in [3.8, 4) is 11.3 Å². The minimum atomic E-state index is -1.37. The van der Waals surface area contributed by atoms with Gasteiger partial charge in [-0.25, -0.2) is 9.37 Å². The molecule has 0 unspecified atom stereocenters. The van der Waals surface area contributed by atoms with Crippen LogP contribution in [0.5, 0.6) is 0 Å². The van der Waals surface area contributed by atoms with Crippen LogP contribution in [0.4, 0.5) is 4.39 Å². The van der Waals surface area contributed by atoms with E-state index in [0.29, 0.717) is 18.1 Å². The van der Waals surface area contributed by atoms with E-state index in [2.05, 4.69) is 5.16 Å². The lowest BCUT2D eigenvalue weighted by Crippen LogP contribution is -2.47. The van der Waals surface area contributed by atoms with Crippen LogP contribution >= 0.6 is 0 Å². The van der Waals surface area contributed by atoms with E-state index >= 15 is 0 Å². The largest absolute Gasteiger partial charge is 0.375 e. The SMILES string of the molecule is COCC(=O)N(C[C@@H](F)CN)[C@@H](c1nc(-c2ccccc2)cn1Cc1cc(C)on1)C(C)(C)C. The summed E-state index contributed by atoms with van der Waals surface area (Å²) >= 11 is 0. The average molecular weight is 472 g/mol. The quantitative estimate of drug-likeness (QED) is 0.483. The highest BCUT2D eigenvalue weighted by Crippen LogP contribution is 2.39. The molecule has 184 valence electrons. The normalized spacial score (nSPS) is 13.6. The van der Waals surface area contributed by atoms with Gasteiger partial charge in [0.05, 0.1) is 24.8 Å². The molecule has 0 aliphatic heterocycles. The lowest BCUT2D eigenvalue weighted by atomic mass is 9.84. The van der Waals surface area contributed by atoms with E-state index in [-0.39, 0.29) is 25.6 Å². The van der Waals surface area contributed by atoms with E-state index in [1.54, 1.807) is 0 Å². The van der Waals surface area contributed by atoms with E-state index in [4.69, 9.17) is 20.0 Å². The zero-order valence-electron chi connectivity index (χ0n) is 20.5. The van der Waals surface area contributed by atoms with Gasteiger partial charge in [-0.1, -0.05) is 56.3 Å². The van der Waals surface area contributed by atoms with Crippen molar-refractivity contribution < 1.29 is 18.4 Å². The summed E-state index contributed by atoms with van der Waals surface area (Å²) in [6.45, 7) is 7.72. The van der Waals surface area contributed by atoms with E-state index in [0.717, 1.165) is 17.0 Å².